The van der Waals surface area contributed by atoms with E-state index in [2.05, 4.69) is 15.3 Å². The minimum atomic E-state index is -2.51. The molecule has 3 aromatic rings. The van der Waals surface area contributed by atoms with Crippen LogP contribution in [0.1, 0.15) is 48.8 Å². The van der Waals surface area contributed by atoms with E-state index < -0.39 is 5.92 Å². The summed E-state index contributed by atoms with van der Waals surface area (Å²) in [5, 5.41) is 2.92. The number of aromatic amines is 1. The minimum absolute atomic E-state index is 0.0374. The van der Waals surface area contributed by atoms with Gasteiger partial charge in [-0.2, -0.15) is 0 Å². The number of nitrogens with one attached hydrogen (secondary N) is 2. The Morgan fingerprint density at radius 2 is 1.76 bits per heavy atom. The molecule has 5 nitrogen and oxygen atoms in total. The summed E-state index contributed by atoms with van der Waals surface area (Å²) in [5.41, 5.74) is 4.67. The first-order chi connectivity index (χ1) is 14.0. The second-order valence-electron chi connectivity index (χ2n) is 7.97. The second kappa shape index (κ2) is 6.83. The SMILES string of the molecule is O=C1NC[C@H](c2ccc(C3CCC(F)(F)CC3)cc2)N1c1ccc2nc[nH]c2c1. The number of hydrogen-bond donors (Lipinski definition) is 2. The molecular formula is C22H22F2N4O. The van der Waals surface area contributed by atoms with E-state index >= 15 is 0 Å². The van der Waals surface area contributed by atoms with Gasteiger partial charge in [0, 0.05) is 25.1 Å². The summed E-state index contributed by atoms with van der Waals surface area (Å²) < 4.78 is 26.9. The normalized spacial score (nSPS) is 22.2. The highest BCUT2D eigenvalue weighted by Gasteiger charge is 2.36. The van der Waals surface area contributed by atoms with Crippen molar-refractivity contribution in [2.45, 2.75) is 43.6 Å². The van der Waals surface area contributed by atoms with E-state index in [9.17, 15) is 13.6 Å². The smallest absolute Gasteiger partial charge is 0.322 e. The van der Waals surface area contributed by atoms with Crippen LogP contribution in [0.25, 0.3) is 11.0 Å². The molecule has 0 unspecified atom stereocenters. The third-order valence-corrected chi connectivity index (χ3v) is 6.17. The van der Waals surface area contributed by atoms with Gasteiger partial charge in [-0.1, -0.05) is 24.3 Å². The van der Waals surface area contributed by atoms with Crippen LogP contribution in [0.2, 0.25) is 0 Å². The molecule has 2 heterocycles. The van der Waals surface area contributed by atoms with E-state index in [0.29, 0.717) is 19.4 Å². The van der Waals surface area contributed by atoms with Gasteiger partial charge in [0.05, 0.1) is 23.4 Å². The van der Waals surface area contributed by atoms with Crippen LogP contribution >= 0.6 is 0 Å². The van der Waals surface area contributed by atoms with Gasteiger partial charge in [-0.15, -0.1) is 0 Å². The standard InChI is InChI=1S/C22H22F2N4O/c23-22(24)9-7-15(8-10-22)14-1-3-16(4-2-14)20-12-25-21(29)28(20)17-5-6-18-19(11-17)27-13-26-18/h1-6,11,13,15,20H,7-10,12H2,(H,25,29)(H,26,27)/t20-/m1/s1. The maximum absolute atomic E-state index is 13.4. The molecule has 150 valence electrons. The number of halogens is 2. The van der Waals surface area contributed by atoms with Crippen molar-refractivity contribution in [3.63, 3.8) is 0 Å². The summed E-state index contributed by atoms with van der Waals surface area (Å²) in [6, 6.07) is 13.6. The Balaban J connectivity index is 1.38. The number of anilines is 1. The number of H-pyrrole nitrogens is 1. The van der Waals surface area contributed by atoms with E-state index in [1.807, 2.05) is 42.5 Å². The lowest BCUT2D eigenvalue weighted by Crippen LogP contribution is -2.29. The summed E-state index contributed by atoms with van der Waals surface area (Å²) in [6.07, 6.45) is 2.60. The lowest BCUT2D eigenvalue weighted by atomic mass is 9.82. The van der Waals surface area contributed by atoms with Crippen LogP contribution < -0.4 is 10.2 Å². The Morgan fingerprint density at radius 1 is 1.03 bits per heavy atom. The zero-order valence-corrected chi connectivity index (χ0v) is 15.9. The number of urea groups is 1. The van der Waals surface area contributed by atoms with Crippen molar-refractivity contribution in [2.75, 3.05) is 11.4 Å². The number of alkyl halides is 2. The van der Waals surface area contributed by atoms with Crippen LogP contribution in [-0.2, 0) is 0 Å². The van der Waals surface area contributed by atoms with Crippen molar-refractivity contribution in [3.8, 4) is 0 Å². The van der Waals surface area contributed by atoms with Crippen LogP contribution in [0.3, 0.4) is 0 Å². The topological polar surface area (TPSA) is 61.0 Å². The summed E-state index contributed by atoms with van der Waals surface area (Å²) in [6.45, 7) is 0.523. The predicted molar refractivity (Wildman–Crippen MR) is 107 cm³/mol. The number of hydrogen-bond acceptors (Lipinski definition) is 2. The number of benzene rings is 2. The largest absolute Gasteiger partial charge is 0.345 e. The lowest BCUT2D eigenvalue weighted by Gasteiger charge is -2.29. The summed E-state index contributed by atoms with van der Waals surface area (Å²) in [4.78, 5) is 21.6. The van der Waals surface area contributed by atoms with Crippen molar-refractivity contribution in [3.05, 3.63) is 59.9 Å². The number of carbonyl (C=O) groups excluding carboxylic acids is 1. The van der Waals surface area contributed by atoms with E-state index in [4.69, 9.17) is 0 Å². The van der Waals surface area contributed by atoms with Gasteiger partial charge < -0.3 is 10.3 Å². The quantitative estimate of drug-likeness (QED) is 0.645. The Morgan fingerprint density at radius 3 is 2.52 bits per heavy atom. The molecule has 5 rings (SSSR count). The molecule has 2 aliphatic rings. The van der Waals surface area contributed by atoms with Gasteiger partial charge in [0.25, 0.3) is 0 Å². The van der Waals surface area contributed by atoms with E-state index in [0.717, 1.165) is 27.8 Å². The van der Waals surface area contributed by atoms with Gasteiger partial charge in [-0.3, -0.25) is 4.90 Å². The number of amides is 2. The maximum atomic E-state index is 13.4. The summed E-state index contributed by atoms with van der Waals surface area (Å²) in [7, 11) is 0. The molecule has 2 aromatic carbocycles. The molecule has 0 spiro atoms. The molecule has 1 aromatic heterocycles. The molecule has 1 saturated carbocycles. The number of aromatic nitrogens is 2. The van der Waals surface area contributed by atoms with Crippen molar-refractivity contribution in [1.82, 2.24) is 15.3 Å². The number of imidazole rings is 1. The monoisotopic (exact) mass is 396 g/mol. The van der Waals surface area contributed by atoms with Crippen LogP contribution in [0.15, 0.2) is 48.8 Å². The molecule has 0 bridgehead atoms. The molecule has 29 heavy (non-hydrogen) atoms. The summed E-state index contributed by atoms with van der Waals surface area (Å²) >= 11 is 0. The van der Waals surface area contributed by atoms with Crippen molar-refractivity contribution in [2.24, 2.45) is 0 Å². The van der Waals surface area contributed by atoms with E-state index in [1.165, 1.54) is 0 Å². The highest BCUT2D eigenvalue weighted by molar-refractivity contribution is 5.97. The van der Waals surface area contributed by atoms with Crippen LogP contribution in [-0.4, -0.2) is 28.5 Å². The fourth-order valence-electron chi connectivity index (χ4n) is 4.50. The molecule has 2 amide bonds. The Kier molecular flexibility index (Phi) is 4.26. The Hall–Kier alpha value is -2.96. The van der Waals surface area contributed by atoms with Crippen molar-refractivity contribution in [1.29, 1.82) is 0 Å². The first-order valence-corrected chi connectivity index (χ1v) is 9.98. The number of nitrogens with zero attached hydrogens (tertiary/aromatic N) is 2. The van der Waals surface area contributed by atoms with Crippen LogP contribution in [0.4, 0.5) is 19.3 Å². The molecule has 1 aliphatic heterocycles. The molecule has 2 fully saturated rings. The van der Waals surface area contributed by atoms with Gasteiger partial charge in [-0.05, 0) is 48.1 Å². The highest BCUT2D eigenvalue weighted by Crippen LogP contribution is 2.41. The van der Waals surface area contributed by atoms with Gasteiger partial charge in [0.2, 0.25) is 5.92 Å². The number of fused-ring (bicyclic) bond motifs is 1. The average molecular weight is 396 g/mol. The first-order valence-electron chi connectivity index (χ1n) is 9.98. The molecule has 2 N–H and O–H groups in total. The van der Waals surface area contributed by atoms with Crippen molar-refractivity contribution < 1.29 is 13.6 Å². The van der Waals surface area contributed by atoms with Gasteiger partial charge in [0.1, 0.15) is 0 Å². The molecule has 0 radical (unpaired) electrons. The summed E-state index contributed by atoms with van der Waals surface area (Å²) in [5.74, 6) is -2.33. The average Bonchev–Trinajstić information content (AvgIpc) is 3.34. The zero-order chi connectivity index (χ0) is 20.0. The maximum Gasteiger partial charge on any atom is 0.322 e. The van der Waals surface area contributed by atoms with Gasteiger partial charge in [0.15, 0.2) is 0 Å². The fourth-order valence-corrected chi connectivity index (χ4v) is 4.50. The third kappa shape index (κ3) is 3.34. The van der Waals surface area contributed by atoms with Crippen LogP contribution in [0.5, 0.6) is 0 Å². The van der Waals surface area contributed by atoms with Gasteiger partial charge in [-0.25, -0.2) is 18.6 Å². The van der Waals surface area contributed by atoms with Crippen LogP contribution in [0, 0.1) is 0 Å². The molecule has 1 atom stereocenters. The van der Waals surface area contributed by atoms with E-state index in [1.54, 1.807) is 11.2 Å². The molecular weight excluding hydrogens is 374 g/mol. The van der Waals surface area contributed by atoms with E-state index in [-0.39, 0.29) is 30.8 Å². The third-order valence-electron chi connectivity index (χ3n) is 6.17. The minimum Gasteiger partial charge on any atom is -0.345 e. The van der Waals surface area contributed by atoms with Gasteiger partial charge >= 0.3 is 6.03 Å². The number of rotatable bonds is 3. The molecule has 1 aliphatic carbocycles. The number of carbonyl (C=O) groups is 1. The highest BCUT2D eigenvalue weighted by atomic mass is 19.3. The lowest BCUT2D eigenvalue weighted by molar-refractivity contribution is -0.0382. The van der Waals surface area contributed by atoms with Crippen molar-refractivity contribution >= 4 is 22.8 Å². The Labute approximate surface area is 167 Å². The Bertz CT molecular complexity index is 1040. The zero-order valence-electron chi connectivity index (χ0n) is 15.9. The second-order valence-corrected chi connectivity index (χ2v) is 7.97. The first kappa shape index (κ1) is 18.1. The molecule has 7 heteroatoms. The predicted octanol–water partition coefficient (Wildman–Crippen LogP) is 5.13. The molecule has 1 saturated heterocycles. The fraction of sp³-hybridized carbons (Fsp3) is 0.364.